The summed E-state index contributed by atoms with van der Waals surface area (Å²) in [6.45, 7) is 15.8. The standard InChI is InChI=1S/C21H33N3O4S.C3H8.C2H6/c1-18-5-3-10-23(18)11-4-16-28-20-8-6-19(7-9-20)21(25)17-22-12-14-24(15-13-22)29(2,26)27;1-3-2;1-2/h6-9,18H,3-5,10-17H2,1-2H3;3H2,1-2H3;1-2H3/t18-;;/m1../s1. The quantitative estimate of drug-likeness (QED) is 0.377. The predicted molar refractivity (Wildman–Crippen MR) is 141 cm³/mol. The lowest BCUT2D eigenvalue weighted by Crippen LogP contribution is -2.49. The molecule has 0 amide bonds. The van der Waals surface area contributed by atoms with Gasteiger partial charge in [0.2, 0.25) is 10.0 Å². The molecule has 196 valence electrons. The van der Waals surface area contributed by atoms with Gasteiger partial charge in [0.15, 0.2) is 5.78 Å². The van der Waals surface area contributed by atoms with Gasteiger partial charge in [0.1, 0.15) is 5.75 Å². The SMILES string of the molecule is CC.CCC.C[C@@H]1CCCN1CCCOc1ccc(C(=O)CN2CCN(S(C)(=O)=O)CC2)cc1. The Bertz CT molecular complexity index is 791. The number of ketones is 1. The maximum Gasteiger partial charge on any atom is 0.211 e. The number of benzene rings is 1. The average molecular weight is 498 g/mol. The van der Waals surface area contributed by atoms with E-state index < -0.39 is 10.0 Å². The number of sulfonamides is 1. The summed E-state index contributed by atoms with van der Waals surface area (Å²) < 4.78 is 30.4. The van der Waals surface area contributed by atoms with Crippen LogP contribution in [-0.4, -0.2) is 93.0 Å². The van der Waals surface area contributed by atoms with Crippen LogP contribution in [0.25, 0.3) is 0 Å². The zero-order valence-electron chi connectivity index (χ0n) is 22.3. The van der Waals surface area contributed by atoms with Crippen LogP contribution < -0.4 is 4.74 Å². The van der Waals surface area contributed by atoms with Crippen LogP contribution in [0.3, 0.4) is 0 Å². The van der Waals surface area contributed by atoms with Gasteiger partial charge in [-0.05, 0) is 57.0 Å². The average Bonchev–Trinajstić information content (AvgIpc) is 3.23. The predicted octanol–water partition coefficient (Wildman–Crippen LogP) is 4.14. The summed E-state index contributed by atoms with van der Waals surface area (Å²) in [7, 11) is -3.15. The van der Waals surface area contributed by atoms with E-state index in [9.17, 15) is 13.2 Å². The van der Waals surface area contributed by atoms with Gasteiger partial charge in [0, 0.05) is 44.3 Å². The first-order valence-corrected chi connectivity index (χ1v) is 14.8. The van der Waals surface area contributed by atoms with Crippen LogP contribution in [-0.2, 0) is 10.0 Å². The molecule has 3 rings (SSSR count). The summed E-state index contributed by atoms with van der Waals surface area (Å²) in [5, 5.41) is 0. The monoisotopic (exact) mass is 497 g/mol. The van der Waals surface area contributed by atoms with Crippen molar-refractivity contribution in [3.05, 3.63) is 29.8 Å². The second kappa shape index (κ2) is 16.2. The van der Waals surface area contributed by atoms with Crippen molar-refractivity contribution in [2.45, 2.75) is 66.3 Å². The van der Waals surface area contributed by atoms with E-state index in [1.54, 1.807) is 0 Å². The van der Waals surface area contributed by atoms with Crippen molar-refractivity contribution >= 4 is 15.8 Å². The highest BCUT2D eigenvalue weighted by atomic mass is 32.2. The van der Waals surface area contributed by atoms with E-state index >= 15 is 0 Å². The molecule has 1 aromatic rings. The van der Waals surface area contributed by atoms with Crippen molar-refractivity contribution in [1.82, 2.24) is 14.1 Å². The van der Waals surface area contributed by atoms with Gasteiger partial charge < -0.3 is 9.64 Å². The molecule has 0 bridgehead atoms. The van der Waals surface area contributed by atoms with Gasteiger partial charge in [0.25, 0.3) is 0 Å². The summed E-state index contributed by atoms with van der Waals surface area (Å²) in [6.07, 6.45) is 6.07. The first kappa shape index (κ1) is 30.6. The number of hydrogen-bond donors (Lipinski definition) is 0. The van der Waals surface area contributed by atoms with Gasteiger partial charge in [-0.15, -0.1) is 0 Å². The van der Waals surface area contributed by atoms with Crippen molar-refractivity contribution in [3.8, 4) is 5.75 Å². The fraction of sp³-hybridized carbons (Fsp3) is 0.731. The Morgan fingerprint density at radius 2 is 1.62 bits per heavy atom. The number of Topliss-reactive ketones (excluding diaryl/α,β-unsaturated/α-hetero) is 1. The Kier molecular flexibility index (Phi) is 14.6. The summed E-state index contributed by atoms with van der Waals surface area (Å²) >= 11 is 0. The Labute approximate surface area is 208 Å². The molecule has 2 fully saturated rings. The highest BCUT2D eigenvalue weighted by Crippen LogP contribution is 2.17. The highest BCUT2D eigenvalue weighted by Gasteiger charge is 2.24. The lowest BCUT2D eigenvalue weighted by atomic mass is 10.1. The number of likely N-dealkylation sites (tertiary alicyclic amines) is 1. The van der Waals surface area contributed by atoms with E-state index in [1.807, 2.05) is 43.0 Å². The van der Waals surface area contributed by atoms with Gasteiger partial charge in [-0.25, -0.2) is 8.42 Å². The minimum absolute atomic E-state index is 0.0485. The third kappa shape index (κ3) is 10.8. The van der Waals surface area contributed by atoms with Crippen LogP contribution in [0.4, 0.5) is 0 Å². The zero-order chi connectivity index (χ0) is 25.6. The molecule has 1 aromatic carbocycles. The zero-order valence-corrected chi connectivity index (χ0v) is 23.1. The summed E-state index contributed by atoms with van der Waals surface area (Å²) in [4.78, 5) is 17.0. The van der Waals surface area contributed by atoms with Crippen LogP contribution in [0.1, 0.15) is 70.7 Å². The molecule has 0 unspecified atom stereocenters. The normalized spacial score (nSPS) is 19.5. The first-order chi connectivity index (χ1) is 16.2. The molecule has 0 saturated carbocycles. The topological polar surface area (TPSA) is 70.2 Å². The molecule has 0 aliphatic carbocycles. The largest absolute Gasteiger partial charge is 0.494 e. The third-order valence-corrected chi connectivity index (χ3v) is 7.20. The Morgan fingerprint density at radius 1 is 1.03 bits per heavy atom. The number of piperazine rings is 1. The first-order valence-electron chi connectivity index (χ1n) is 12.9. The van der Waals surface area contributed by atoms with Gasteiger partial charge in [0.05, 0.1) is 19.4 Å². The second-order valence-electron chi connectivity index (χ2n) is 8.82. The molecular weight excluding hydrogens is 450 g/mol. The van der Waals surface area contributed by atoms with Gasteiger partial charge in [-0.3, -0.25) is 9.69 Å². The maximum atomic E-state index is 12.5. The van der Waals surface area contributed by atoms with Crippen molar-refractivity contribution in [1.29, 1.82) is 0 Å². The third-order valence-electron chi connectivity index (χ3n) is 5.89. The molecule has 2 saturated heterocycles. The number of carbonyl (C=O) groups is 1. The minimum atomic E-state index is -3.15. The minimum Gasteiger partial charge on any atom is -0.494 e. The van der Waals surface area contributed by atoms with Crippen molar-refractivity contribution < 1.29 is 17.9 Å². The van der Waals surface area contributed by atoms with Gasteiger partial charge >= 0.3 is 0 Å². The molecular formula is C26H47N3O4S. The van der Waals surface area contributed by atoms with Crippen molar-refractivity contribution in [3.63, 3.8) is 0 Å². The fourth-order valence-corrected chi connectivity index (χ4v) is 4.86. The van der Waals surface area contributed by atoms with E-state index in [1.165, 1.54) is 36.4 Å². The van der Waals surface area contributed by atoms with E-state index in [2.05, 4.69) is 25.7 Å². The Morgan fingerprint density at radius 3 is 2.12 bits per heavy atom. The molecule has 34 heavy (non-hydrogen) atoms. The fourth-order valence-electron chi connectivity index (χ4n) is 4.03. The molecule has 2 aliphatic rings. The smallest absolute Gasteiger partial charge is 0.211 e. The summed E-state index contributed by atoms with van der Waals surface area (Å²) in [5.41, 5.74) is 0.661. The molecule has 0 N–H and O–H groups in total. The molecule has 0 radical (unpaired) electrons. The Balaban J connectivity index is 0.00000107. The molecule has 7 nitrogen and oxygen atoms in total. The van der Waals surface area contributed by atoms with E-state index in [0.29, 0.717) is 50.9 Å². The lowest BCUT2D eigenvalue weighted by molar-refractivity contribution is 0.0902. The van der Waals surface area contributed by atoms with Crippen LogP contribution >= 0.6 is 0 Å². The Hall–Kier alpha value is -1.48. The number of nitrogens with zero attached hydrogens (tertiary/aromatic N) is 3. The van der Waals surface area contributed by atoms with E-state index in [0.717, 1.165) is 18.7 Å². The maximum absolute atomic E-state index is 12.5. The number of rotatable bonds is 9. The van der Waals surface area contributed by atoms with Gasteiger partial charge in [-0.1, -0.05) is 34.1 Å². The molecule has 1 atom stereocenters. The van der Waals surface area contributed by atoms with Crippen LogP contribution in [0.2, 0.25) is 0 Å². The van der Waals surface area contributed by atoms with Gasteiger partial charge in [-0.2, -0.15) is 4.31 Å². The lowest BCUT2D eigenvalue weighted by Gasteiger charge is -2.32. The highest BCUT2D eigenvalue weighted by molar-refractivity contribution is 7.88. The van der Waals surface area contributed by atoms with Crippen LogP contribution in [0.15, 0.2) is 24.3 Å². The summed E-state index contributed by atoms with van der Waals surface area (Å²) in [5.74, 6) is 0.838. The van der Waals surface area contributed by atoms with Crippen molar-refractivity contribution in [2.24, 2.45) is 0 Å². The number of ether oxygens (including phenoxy) is 1. The van der Waals surface area contributed by atoms with Crippen LogP contribution in [0, 0.1) is 0 Å². The van der Waals surface area contributed by atoms with Crippen LogP contribution in [0.5, 0.6) is 5.75 Å². The molecule has 0 spiro atoms. The molecule has 2 heterocycles. The number of hydrogen-bond acceptors (Lipinski definition) is 6. The second-order valence-corrected chi connectivity index (χ2v) is 10.8. The molecule has 2 aliphatic heterocycles. The van der Waals surface area contributed by atoms with E-state index in [4.69, 9.17) is 4.74 Å². The summed E-state index contributed by atoms with van der Waals surface area (Å²) in [6, 6.07) is 8.02. The molecule has 0 aromatic heterocycles. The van der Waals surface area contributed by atoms with Crippen molar-refractivity contribution in [2.75, 3.05) is 58.7 Å². The number of carbonyl (C=O) groups excluding carboxylic acids is 1. The van der Waals surface area contributed by atoms with E-state index in [-0.39, 0.29) is 5.78 Å². The molecule has 8 heteroatoms.